The van der Waals surface area contributed by atoms with E-state index < -0.39 is 5.92 Å². The molecule has 0 spiro atoms. The Kier molecular flexibility index (Phi) is 4.84. The zero-order valence-corrected chi connectivity index (χ0v) is 17.9. The first-order chi connectivity index (χ1) is 15.0. The Morgan fingerprint density at radius 2 is 1.81 bits per heavy atom. The van der Waals surface area contributed by atoms with E-state index in [4.69, 9.17) is 4.74 Å². The van der Waals surface area contributed by atoms with Gasteiger partial charge < -0.3 is 19.1 Å². The highest BCUT2D eigenvalue weighted by Crippen LogP contribution is 2.41. The molecule has 31 heavy (non-hydrogen) atoms. The molecule has 0 aliphatic carbocycles. The van der Waals surface area contributed by atoms with Crippen LogP contribution in [0, 0.1) is 11.8 Å². The fourth-order valence-corrected chi connectivity index (χ4v) is 5.66. The van der Waals surface area contributed by atoms with Crippen LogP contribution in [-0.2, 0) is 16.1 Å². The van der Waals surface area contributed by atoms with E-state index in [1.807, 2.05) is 39.8 Å². The molecule has 0 radical (unpaired) electrons. The molecule has 2 aromatic rings. The Balaban J connectivity index is 1.41. The number of fused-ring (bicyclic) bond motifs is 4. The molecule has 4 heterocycles. The first-order valence-electron chi connectivity index (χ1n) is 10.8. The van der Waals surface area contributed by atoms with Gasteiger partial charge in [0.25, 0.3) is 5.56 Å². The molecular formula is C24H27N3O4. The molecule has 2 bridgehead atoms. The smallest absolute Gasteiger partial charge is 0.250 e. The van der Waals surface area contributed by atoms with E-state index in [1.54, 1.807) is 31.2 Å². The van der Waals surface area contributed by atoms with Gasteiger partial charge in [0.05, 0.1) is 19.1 Å². The maximum Gasteiger partial charge on any atom is 0.250 e. The molecule has 0 unspecified atom stereocenters. The highest BCUT2D eigenvalue weighted by Gasteiger charge is 2.46. The van der Waals surface area contributed by atoms with Crippen LogP contribution < -0.4 is 10.3 Å². The molecule has 7 nitrogen and oxygen atoms in total. The Bertz CT molecular complexity index is 1080. The van der Waals surface area contributed by atoms with E-state index in [-0.39, 0.29) is 41.7 Å². The molecule has 0 N–H and O–H groups in total. The first kappa shape index (κ1) is 19.8. The van der Waals surface area contributed by atoms with Crippen LogP contribution in [0.15, 0.2) is 47.3 Å². The number of rotatable bonds is 3. The fourth-order valence-electron chi connectivity index (χ4n) is 5.66. The minimum atomic E-state index is -0.400. The number of nitrogens with zero attached hydrogens (tertiary/aromatic N) is 3. The average molecular weight is 421 g/mol. The highest BCUT2D eigenvalue weighted by molar-refractivity contribution is 5.90. The van der Waals surface area contributed by atoms with Gasteiger partial charge in [0.15, 0.2) is 0 Å². The van der Waals surface area contributed by atoms with Gasteiger partial charge in [-0.25, -0.2) is 0 Å². The summed E-state index contributed by atoms with van der Waals surface area (Å²) >= 11 is 0. The third-order valence-electron chi connectivity index (χ3n) is 7.15. The Hall–Kier alpha value is -3.09. The highest BCUT2D eigenvalue weighted by atomic mass is 16.5. The lowest BCUT2D eigenvalue weighted by atomic mass is 9.82. The van der Waals surface area contributed by atoms with Gasteiger partial charge in [0.1, 0.15) is 5.75 Å². The van der Waals surface area contributed by atoms with Gasteiger partial charge in [0, 0.05) is 50.8 Å². The molecule has 0 saturated carbocycles. The number of piperidine rings is 1. The summed E-state index contributed by atoms with van der Waals surface area (Å²) in [6, 6.07) is 12.7. The van der Waals surface area contributed by atoms with Gasteiger partial charge in [-0.05, 0) is 36.1 Å². The van der Waals surface area contributed by atoms with Gasteiger partial charge in [-0.1, -0.05) is 18.2 Å². The number of hydrogen-bond donors (Lipinski definition) is 0. The summed E-state index contributed by atoms with van der Waals surface area (Å²) in [5.74, 6) is 0.816. The van der Waals surface area contributed by atoms with Gasteiger partial charge in [0.2, 0.25) is 11.8 Å². The summed E-state index contributed by atoms with van der Waals surface area (Å²) < 4.78 is 7.12. The number of carbonyl (C=O) groups excluding carboxylic acids is 2. The van der Waals surface area contributed by atoms with Gasteiger partial charge in [-0.3, -0.25) is 14.4 Å². The van der Waals surface area contributed by atoms with E-state index >= 15 is 0 Å². The fraction of sp³-hybridized carbons (Fsp3) is 0.458. The molecule has 3 aliphatic heterocycles. The van der Waals surface area contributed by atoms with E-state index in [0.29, 0.717) is 19.6 Å². The number of amides is 2. The van der Waals surface area contributed by atoms with Crippen molar-refractivity contribution in [2.45, 2.75) is 31.3 Å². The number of pyridine rings is 1. The molecule has 1 aromatic carbocycles. The minimum absolute atomic E-state index is 0.00623. The lowest BCUT2D eigenvalue weighted by Crippen LogP contribution is -2.51. The molecular weight excluding hydrogens is 394 g/mol. The molecule has 162 valence electrons. The quantitative estimate of drug-likeness (QED) is 0.760. The standard InChI is InChI=1S/C24H27N3O4/c1-25-22(29)11-19(23(25)16-6-8-18(31-2)9-7-16)24(30)26-12-15-10-17(14-26)20-4-3-5-21(28)27(20)13-15/h3-9,15,17,19,23H,10-14H2,1-2H3/t15-,17+,19+,23+/m1/s1. The zero-order chi connectivity index (χ0) is 21.7. The number of ether oxygens (including phenoxy) is 1. The van der Waals surface area contributed by atoms with Crippen LogP contribution >= 0.6 is 0 Å². The molecule has 2 amide bonds. The number of methoxy groups -OCH3 is 1. The van der Waals surface area contributed by atoms with Crippen LogP contribution in [0.25, 0.3) is 0 Å². The summed E-state index contributed by atoms with van der Waals surface area (Å²) in [6.45, 7) is 1.89. The second-order valence-electron chi connectivity index (χ2n) is 8.97. The summed E-state index contributed by atoms with van der Waals surface area (Å²) in [6.07, 6.45) is 1.23. The van der Waals surface area contributed by atoms with Crippen molar-refractivity contribution in [3.63, 3.8) is 0 Å². The molecule has 2 fully saturated rings. The van der Waals surface area contributed by atoms with Crippen molar-refractivity contribution in [1.82, 2.24) is 14.4 Å². The van der Waals surface area contributed by atoms with Crippen molar-refractivity contribution in [2.24, 2.45) is 11.8 Å². The number of carbonyl (C=O) groups is 2. The van der Waals surface area contributed by atoms with Gasteiger partial charge in [-0.2, -0.15) is 0 Å². The lowest BCUT2D eigenvalue weighted by Gasteiger charge is -2.43. The Morgan fingerprint density at radius 3 is 2.55 bits per heavy atom. The van der Waals surface area contributed by atoms with Crippen LogP contribution in [0.4, 0.5) is 0 Å². The Morgan fingerprint density at radius 1 is 1.03 bits per heavy atom. The average Bonchev–Trinajstić information content (AvgIpc) is 3.08. The molecule has 3 aliphatic rings. The van der Waals surface area contributed by atoms with Crippen molar-refractivity contribution in [1.29, 1.82) is 0 Å². The molecule has 1 aromatic heterocycles. The van der Waals surface area contributed by atoms with Crippen LogP contribution in [0.3, 0.4) is 0 Å². The van der Waals surface area contributed by atoms with Crippen LogP contribution in [-0.4, -0.2) is 53.4 Å². The van der Waals surface area contributed by atoms with Crippen LogP contribution in [0.2, 0.25) is 0 Å². The normalized spacial score (nSPS) is 27.2. The van der Waals surface area contributed by atoms with E-state index in [0.717, 1.165) is 23.4 Å². The van der Waals surface area contributed by atoms with E-state index in [2.05, 4.69) is 0 Å². The van der Waals surface area contributed by atoms with Crippen molar-refractivity contribution < 1.29 is 14.3 Å². The van der Waals surface area contributed by atoms with E-state index in [9.17, 15) is 14.4 Å². The van der Waals surface area contributed by atoms with E-state index in [1.165, 1.54) is 0 Å². The summed E-state index contributed by atoms with van der Waals surface area (Å²) in [4.78, 5) is 42.1. The zero-order valence-electron chi connectivity index (χ0n) is 17.9. The minimum Gasteiger partial charge on any atom is -0.497 e. The maximum absolute atomic E-state index is 13.7. The Labute approximate surface area is 181 Å². The maximum atomic E-state index is 13.7. The summed E-state index contributed by atoms with van der Waals surface area (Å²) in [5, 5.41) is 0. The largest absolute Gasteiger partial charge is 0.497 e. The summed E-state index contributed by atoms with van der Waals surface area (Å²) in [7, 11) is 3.39. The second-order valence-corrected chi connectivity index (χ2v) is 8.97. The van der Waals surface area contributed by atoms with Crippen molar-refractivity contribution in [3.8, 4) is 5.75 Å². The van der Waals surface area contributed by atoms with Crippen molar-refractivity contribution in [3.05, 3.63) is 64.1 Å². The summed E-state index contributed by atoms with van der Waals surface area (Å²) in [5.41, 5.74) is 2.00. The number of aromatic nitrogens is 1. The van der Waals surface area contributed by atoms with Gasteiger partial charge in [-0.15, -0.1) is 0 Å². The monoisotopic (exact) mass is 421 g/mol. The molecule has 4 atom stereocenters. The predicted octanol–water partition coefficient (Wildman–Crippen LogP) is 2.02. The number of benzene rings is 1. The third kappa shape index (κ3) is 3.32. The SMILES string of the molecule is COc1ccc([C@H]2[C@@H](C(=O)N3C[C@H]4C[C@@H](C3)c3cccc(=O)n3C4)CC(=O)N2C)cc1. The molecule has 2 saturated heterocycles. The lowest BCUT2D eigenvalue weighted by molar-refractivity contribution is -0.139. The topological polar surface area (TPSA) is 71.8 Å². The van der Waals surface area contributed by atoms with Gasteiger partial charge >= 0.3 is 0 Å². The first-order valence-corrected chi connectivity index (χ1v) is 10.8. The van der Waals surface area contributed by atoms with Crippen LogP contribution in [0.5, 0.6) is 5.75 Å². The van der Waals surface area contributed by atoms with Crippen LogP contribution in [0.1, 0.15) is 36.1 Å². The molecule has 7 heteroatoms. The predicted molar refractivity (Wildman–Crippen MR) is 115 cm³/mol. The molecule has 5 rings (SSSR count). The number of hydrogen-bond acceptors (Lipinski definition) is 4. The second kappa shape index (κ2) is 7.55. The van der Waals surface area contributed by atoms with Crippen molar-refractivity contribution >= 4 is 11.8 Å². The number of likely N-dealkylation sites (tertiary alicyclic amines) is 2. The van der Waals surface area contributed by atoms with Crippen molar-refractivity contribution in [2.75, 3.05) is 27.2 Å². The third-order valence-corrected chi connectivity index (χ3v) is 7.15.